The first kappa shape index (κ1) is 6.46. The van der Waals surface area contributed by atoms with E-state index < -0.39 is 0 Å². The molecule has 0 radical (unpaired) electrons. The van der Waals surface area contributed by atoms with Gasteiger partial charge in [-0.1, -0.05) is 0 Å². The topological polar surface area (TPSA) is 37.6 Å². The standard InChI is InChI=1S/C8H9N3/c1-6-4-7-2-3-10-11-8(7)5-9-6/h4-5H,2-3H2,1H3. The van der Waals surface area contributed by atoms with Gasteiger partial charge < -0.3 is 0 Å². The van der Waals surface area contributed by atoms with Crippen molar-refractivity contribution in [1.82, 2.24) is 4.98 Å². The average molecular weight is 147 g/mol. The van der Waals surface area contributed by atoms with Crippen molar-refractivity contribution in [3.8, 4) is 0 Å². The highest BCUT2D eigenvalue weighted by atomic mass is 15.1. The molecule has 0 bridgehead atoms. The van der Waals surface area contributed by atoms with Crippen molar-refractivity contribution in [3.05, 3.63) is 23.5 Å². The fourth-order valence-corrected chi connectivity index (χ4v) is 1.20. The summed E-state index contributed by atoms with van der Waals surface area (Å²) < 4.78 is 0. The third-order valence-corrected chi connectivity index (χ3v) is 1.76. The van der Waals surface area contributed by atoms with Crippen LogP contribution >= 0.6 is 0 Å². The summed E-state index contributed by atoms with van der Waals surface area (Å²) in [4.78, 5) is 4.14. The van der Waals surface area contributed by atoms with Crippen molar-refractivity contribution in [1.29, 1.82) is 0 Å². The lowest BCUT2D eigenvalue weighted by atomic mass is 10.1. The first-order valence-electron chi connectivity index (χ1n) is 3.69. The molecule has 0 spiro atoms. The second-order valence-electron chi connectivity index (χ2n) is 2.67. The summed E-state index contributed by atoms with van der Waals surface area (Å²) in [5.74, 6) is 0. The third-order valence-electron chi connectivity index (χ3n) is 1.76. The number of nitrogens with zero attached hydrogens (tertiary/aromatic N) is 3. The van der Waals surface area contributed by atoms with E-state index in [4.69, 9.17) is 0 Å². The lowest BCUT2D eigenvalue weighted by molar-refractivity contribution is 0.854. The lowest BCUT2D eigenvalue weighted by Gasteiger charge is -2.07. The van der Waals surface area contributed by atoms with Gasteiger partial charge in [0, 0.05) is 5.69 Å². The Morgan fingerprint density at radius 1 is 1.45 bits per heavy atom. The normalized spacial score (nSPS) is 14.6. The summed E-state index contributed by atoms with van der Waals surface area (Å²) in [6.45, 7) is 2.81. The van der Waals surface area contributed by atoms with E-state index >= 15 is 0 Å². The van der Waals surface area contributed by atoms with Crippen LogP contribution in [0, 0.1) is 6.92 Å². The van der Waals surface area contributed by atoms with Gasteiger partial charge in [-0.25, -0.2) is 0 Å². The Kier molecular flexibility index (Phi) is 1.42. The Labute approximate surface area is 65.2 Å². The molecule has 3 nitrogen and oxygen atoms in total. The largest absolute Gasteiger partial charge is 0.259 e. The Morgan fingerprint density at radius 3 is 3.27 bits per heavy atom. The molecule has 2 heterocycles. The summed E-state index contributed by atoms with van der Waals surface area (Å²) in [7, 11) is 0. The van der Waals surface area contributed by atoms with E-state index in [1.807, 2.05) is 6.92 Å². The number of rotatable bonds is 0. The minimum absolute atomic E-state index is 0.816. The van der Waals surface area contributed by atoms with Gasteiger partial charge in [0.2, 0.25) is 0 Å². The number of pyridine rings is 1. The van der Waals surface area contributed by atoms with Gasteiger partial charge in [-0.05, 0) is 25.0 Å². The van der Waals surface area contributed by atoms with Crippen LogP contribution in [0.4, 0.5) is 5.69 Å². The molecule has 0 fully saturated rings. The van der Waals surface area contributed by atoms with Crippen molar-refractivity contribution in [2.75, 3.05) is 6.54 Å². The quantitative estimate of drug-likeness (QED) is 0.553. The maximum atomic E-state index is 4.14. The van der Waals surface area contributed by atoms with Crippen LogP contribution < -0.4 is 0 Å². The summed E-state index contributed by atoms with van der Waals surface area (Å²) in [6.07, 6.45) is 2.79. The van der Waals surface area contributed by atoms with Gasteiger partial charge >= 0.3 is 0 Å². The summed E-state index contributed by atoms with van der Waals surface area (Å²) >= 11 is 0. The molecule has 0 amide bonds. The molecular formula is C8H9N3. The van der Waals surface area contributed by atoms with Crippen LogP contribution in [0.25, 0.3) is 0 Å². The van der Waals surface area contributed by atoms with Crippen molar-refractivity contribution < 1.29 is 0 Å². The van der Waals surface area contributed by atoms with Crippen LogP contribution in [-0.2, 0) is 6.42 Å². The third kappa shape index (κ3) is 1.13. The average Bonchev–Trinajstić information content (AvgIpc) is 2.04. The number of aryl methyl sites for hydroxylation is 1. The molecule has 0 saturated carbocycles. The second kappa shape index (κ2) is 2.42. The zero-order valence-electron chi connectivity index (χ0n) is 6.41. The molecular weight excluding hydrogens is 138 g/mol. The molecule has 0 unspecified atom stereocenters. The molecule has 0 aliphatic carbocycles. The van der Waals surface area contributed by atoms with E-state index in [0.717, 1.165) is 24.3 Å². The molecule has 1 aromatic heterocycles. The lowest BCUT2D eigenvalue weighted by Crippen LogP contribution is -1.96. The number of azo groups is 1. The minimum Gasteiger partial charge on any atom is -0.259 e. The summed E-state index contributed by atoms with van der Waals surface area (Å²) in [6, 6.07) is 2.08. The molecule has 0 atom stereocenters. The molecule has 11 heavy (non-hydrogen) atoms. The maximum Gasteiger partial charge on any atom is 0.107 e. The first-order chi connectivity index (χ1) is 5.36. The molecule has 2 rings (SSSR count). The van der Waals surface area contributed by atoms with E-state index in [9.17, 15) is 0 Å². The summed E-state index contributed by atoms with van der Waals surface area (Å²) in [5, 5.41) is 7.93. The predicted molar refractivity (Wildman–Crippen MR) is 42.1 cm³/mol. The molecule has 0 saturated heterocycles. The van der Waals surface area contributed by atoms with E-state index in [0.29, 0.717) is 0 Å². The smallest absolute Gasteiger partial charge is 0.107 e. The van der Waals surface area contributed by atoms with Gasteiger partial charge in [-0.3, -0.25) is 4.98 Å². The molecule has 0 aromatic carbocycles. The van der Waals surface area contributed by atoms with Crippen LogP contribution in [0.15, 0.2) is 22.5 Å². The van der Waals surface area contributed by atoms with E-state index in [1.165, 1.54) is 5.56 Å². The Balaban J connectivity index is 2.53. The van der Waals surface area contributed by atoms with Crippen LogP contribution in [-0.4, -0.2) is 11.5 Å². The van der Waals surface area contributed by atoms with Crippen molar-refractivity contribution in [3.63, 3.8) is 0 Å². The highest BCUT2D eigenvalue weighted by Crippen LogP contribution is 2.22. The van der Waals surface area contributed by atoms with Gasteiger partial charge in [0.15, 0.2) is 0 Å². The highest BCUT2D eigenvalue weighted by molar-refractivity contribution is 5.44. The van der Waals surface area contributed by atoms with E-state index in [2.05, 4.69) is 21.3 Å². The molecule has 1 aliphatic rings. The van der Waals surface area contributed by atoms with Crippen molar-refractivity contribution in [2.45, 2.75) is 13.3 Å². The van der Waals surface area contributed by atoms with Gasteiger partial charge in [-0.2, -0.15) is 10.2 Å². The van der Waals surface area contributed by atoms with Gasteiger partial charge in [0.1, 0.15) is 5.69 Å². The zero-order chi connectivity index (χ0) is 7.68. The van der Waals surface area contributed by atoms with Gasteiger partial charge in [-0.15, -0.1) is 0 Å². The highest BCUT2D eigenvalue weighted by Gasteiger charge is 2.05. The van der Waals surface area contributed by atoms with Crippen LogP contribution in [0.5, 0.6) is 0 Å². The minimum atomic E-state index is 0.816. The van der Waals surface area contributed by atoms with E-state index in [-0.39, 0.29) is 0 Å². The number of fused-ring (bicyclic) bond motifs is 1. The number of aromatic nitrogens is 1. The van der Waals surface area contributed by atoms with Crippen LogP contribution in [0.2, 0.25) is 0 Å². The van der Waals surface area contributed by atoms with Crippen LogP contribution in [0.3, 0.4) is 0 Å². The number of hydrogen-bond acceptors (Lipinski definition) is 3. The zero-order valence-corrected chi connectivity index (χ0v) is 6.41. The molecule has 3 heteroatoms. The molecule has 1 aliphatic heterocycles. The fraction of sp³-hybridized carbons (Fsp3) is 0.375. The van der Waals surface area contributed by atoms with Gasteiger partial charge in [0.05, 0.1) is 12.7 Å². The Bertz CT molecular complexity index is 304. The maximum absolute atomic E-state index is 4.14. The number of hydrogen-bond donors (Lipinski definition) is 0. The SMILES string of the molecule is Cc1cc2c(cn1)N=NCC2. The Morgan fingerprint density at radius 2 is 2.36 bits per heavy atom. The predicted octanol–water partition coefficient (Wildman–Crippen LogP) is 2.03. The van der Waals surface area contributed by atoms with Gasteiger partial charge in [0.25, 0.3) is 0 Å². The van der Waals surface area contributed by atoms with Crippen LogP contribution in [0.1, 0.15) is 11.3 Å². The summed E-state index contributed by atoms with van der Waals surface area (Å²) in [5.41, 5.74) is 3.26. The second-order valence-corrected chi connectivity index (χ2v) is 2.67. The Hall–Kier alpha value is -1.25. The molecule has 56 valence electrons. The molecule has 0 N–H and O–H groups in total. The van der Waals surface area contributed by atoms with Crippen molar-refractivity contribution >= 4 is 5.69 Å². The molecule has 1 aromatic rings. The fourth-order valence-electron chi connectivity index (χ4n) is 1.20. The first-order valence-corrected chi connectivity index (χ1v) is 3.69. The van der Waals surface area contributed by atoms with Crippen molar-refractivity contribution in [2.24, 2.45) is 10.2 Å². The van der Waals surface area contributed by atoms with E-state index in [1.54, 1.807) is 6.20 Å². The monoisotopic (exact) mass is 147 g/mol.